The molecule has 0 heterocycles. The molecule has 88 valence electrons. The third kappa shape index (κ3) is 3.66. The summed E-state index contributed by atoms with van der Waals surface area (Å²) >= 11 is 0. The van der Waals surface area contributed by atoms with Crippen LogP contribution in [0.2, 0.25) is 0 Å². The van der Waals surface area contributed by atoms with Crippen molar-refractivity contribution in [3.8, 4) is 0 Å². The molecular weight excluding hydrogens is 204 g/mol. The van der Waals surface area contributed by atoms with Gasteiger partial charge >= 0.3 is 5.97 Å². The number of ether oxygens (including phenoxy) is 2. The monoisotopic (exact) mass is 222 g/mol. The molecule has 0 bridgehead atoms. The molecule has 0 aliphatic heterocycles. The van der Waals surface area contributed by atoms with E-state index in [1.165, 1.54) is 7.11 Å². The molecule has 0 aliphatic carbocycles. The van der Waals surface area contributed by atoms with Crippen LogP contribution in [0.1, 0.15) is 32.4 Å². The fourth-order valence-electron chi connectivity index (χ4n) is 1.34. The number of benzene rings is 1. The van der Waals surface area contributed by atoms with E-state index in [0.717, 1.165) is 5.56 Å². The number of esters is 1. The zero-order valence-electron chi connectivity index (χ0n) is 10.2. The van der Waals surface area contributed by atoms with Gasteiger partial charge in [0.05, 0.1) is 12.7 Å². The number of carbonyl (C=O) groups excluding carboxylic acids is 1. The van der Waals surface area contributed by atoms with Crippen molar-refractivity contribution in [2.24, 2.45) is 0 Å². The van der Waals surface area contributed by atoms with Crippen LogP contribution in [0.4, 0.5) is 0 Å². The third-order valence-corrected chi connectivity index (χ3v) is 1.99. The van der Waals surface area contributed by atoms with Crippen LogP contribution in [0.15, 0.2) is 30.3 Å². The summed E-state index contributed by atoms with van der Waals surface area (Å²) in [6, 6.07) is 9.35. The van der Waals surface area contributed by atoms with E-state index in [0.29, 0.717) is 0 Å². The first kappa shape index (κ1) is 12.7. The van der Waals surface area contributed by atoms with Crippen LogP contribution >= 0.6 is 0 Å². The van der Waals surface area contributed by atoms with Crippen molar-refractivity contribution in [2.75, 3.05) is 7.11 Å². The molecule has 16 heavy (non-hydrogen) atoms. The normalized spacial score (nSPS) is 13.2. The lowest BCUT2D eigenvalue weighted by Crippen LogP contribution is -2.28. The summed E-state index contributed by atoms with van der Waals surface area (Å²) in [6.07, 6.45) is -0.661. The molecule has 0 spiro atoms. The second-order valence-electron chi connectivity index (χ2n) is 4.54. The Morgan fingerprint density at radius 1 is 1.19 bits per heavy atom. The van der Waals surface area contributed by atoms with Crippen LogP contribution in [-0.4, -0.2) is 18.7 Å². The van der Waals surface area contributed by atoms with Crippen LogP contribution in [0.3, 0.4) is 0 Å². The van der Waals surface area contributed by atoms with Gasteiger partial charge in [-0.25, -0.2) is 4.79 Å². The molecule has 1 aromatic rings. The molecule has 3 heteroatoms. The lowest BCUT2D eigenvalue weighted by atomic mass is 10.1. The summed E-state index contributed by atoms with van der Waals surface area (Å²) in [5.41, 5.74) is 0.415. The van der Waals surface area contributed by atoms with Gasteiger partial charge in [0, 0.05) is 0 Å². The van der Waals surface area contributed by atoms with Gasteiger partial charge in [0.15, 0.2) is 6.10 Å². The molecule has 0 N–H and O–H groups in total. The Morgan fingerprint density at radius 2 is 1.75 bits per heavy atom. The molecule has 0 aromatic heterocycles. The molecule has 1 aromatic carbocycles. The molecular formula is C13H18O3. The molecule has 0 radical (unpaired) electrons. The van der Waals surface area contributed by atoms with Crippen LogP contribution in [-0.2, 0) is 14.3 Å². The zero-order chi connectivity index (χ0) is 12.2. The maximum absolute atomic E-state index is 11.6. The average Bonchev–Trinajstić information content (AvgIpc) is 2.25. The Kier molecular flexibility index (Phi) is 4.07. The van der Waals surface area contributed by atoms with Gasteiger partial charge in [-0.1, -0.05) is 30.3 Å². The highest BCUT2D eigenvalue weighted by molar-refractivity contribution is 5.76. The Hall–Kier alpha value is -1.35. The molecule has 0 unspecified atom stereocenters. The number of carbonyl (C=O) groups is 1. The van der Waals surface area contributed by atoms with Gasteiger partial charge in [-0.2, -0.15) is 0 Å². The Balaban J connectivity index is 2.93. The van der Waals surface area contributed by atoms with Gasteiger partial charge in [0.25, 0.3) is 0 Å². The molecule has 0 fully saturated rings. The summed E-state index contributed by atoms with van der Waals surface area (Å²) in [4.78, 5) is 11.6. The zero-order valence-corrected chi connectivity index (χ0v) is 10.2. The highest BCUT2D eigenvalue weighted by Crippen LogP contribution is 2.24. The smallest absolute Gasteiger partial charge is 0.339 e. The van der Waals surface area contributed by atoms with E-state index in [-0.39, 0.29) is 5.97 Å². The summed E-state index contributed by atoms with van der Waals surface area (Å²) in [5, 5.41) is 0. The first-order chi connectivity index (χ1) is 7.44. The van der Waals surface area contributed by atoms with Gasteiger partial charge in [-0.15, -0.1) is 0 Å². The molecule has 3 nitrogen and oxygen atoms in total. The van der Waals surface area contributed by atoms with Crippen molar-refractivity contribution in [1.29, 1.82) is 0 Å². The van der Waals surface area contributed by atoms with E-state index in [4.69, 9.17) is 9.47 Å². The Morgan fingerprint density at radius 3 is 2.19 bits per heavy atom. The predicted octanol–water partition coefficient (Wildman–Crippen LogP) is 2.72. The maximum Gasteiger partial charge on any atom is 0.339 e. The number of hydrogen-bond donors (Lipinski definition) is 0. The fourth-order valence-corrected chi connectivity index (χ4v) is 1.34. The second kappa shape index (κ2) is 5.12. The van der Waals surface area contributed by atoms with Gasteiger partial charge < -0.3 is 9.47 Å². The van der Waals surface area contributed by atoms with E-state index in [2.05, 4.69) is 0 Å². The van der Waals surface area contributed by atoms with E-state index < -0.39 is 11.7 Å². The van der Waals surface area contributed by atoms with Crippen LogP contribution < -0.4 is 0 Å². The molecule has 1 rings (SSSR count). The minimum absolute atomic E-state index is 0.374. The van der Waals surface area contributed by atoms with E-state index in [9.17, 15) is 4.79 Å². The highest BCUT2D eigenvalue weighted by atomic mass is 16.6. The number of hydrogen-bond acceptors (Lipinski definition) is 3. The lowest BCUT2D eigenvalue weighted by Gasteiger charge is -2.26. The van der Waals surface area contributed by atoms with E-state index >= 15 is 0 Å². The minimum Gasteiger partial charge on any atom is -0.467 e. The minimum atomic E-state index is -0.661. The summed E-state index contributed by atoms with van der Waals surface area (Å²) in [5.74, 6) is -0.374. The van der Waals surface area contributed by atoms with Crippen LogP contribution in [0.5, 0.6) is 0 Å². The molecule has 0 aliphatic rings. The van der Waals surface area contributed by atoms with Crippen molar-refractivity contribution in [3.63, 3.8) is 0 Å². The summed E-state index contributed by atoms with van der Waals surface area (Å²) < 4.78 is 10.5. The predicted molar refractivity (Wildman–Crippen MR) is 62.0 cm³/mol. The topological polar surface area (TPSA) is 35.5 Å². The SMILES string of the molecule is COC(=O)[C@H](OC(C)(C)C)c1ccccc1. The van der Waals surface area contributed by atoms with Gasteiger partial charge in [-0.05, 0) is 26.3 Å². The van der Waals surface area contributed by atoms with Crippen molar-refractivity contribution in [3.05, 3.63) is 35.9 Å². The number of rotatable bonds is 3. The number of methoxy groups -OCH3 is 1. The standard InChI is InChI=1S/C13H18O3/c1-13(2,3)16-11(12(14)15-4)10-8-6-5-7-9-10/h5-9,11H,1-4H3/t11-/m1/s1. The Bertz CT molecular complexity index is 338. The maximum atomic E-state index is 11.6. The quantitative estimate of drug-likeness (QED) is 0.738. The van der Waals surface area contributed by atoms with Crippen molar-refractivity contribution >= 4 is 5.97 Å². The van der Waals surface area contributed by atoms with Gasteiger partial charge in [0.2, 0.25) is 0 Å². The van der Waals surface area contributed by atoms with Gasteiger partial charge in [0.1, 0.15) is 0 Å². The van der Waals surface area contributed by atoms with Crippen LogP contribution in [0.25, 0.3) is 0 Å². The van der Waals surface area contributed by atoms with Crippen molar-refractivity contribution < 1.29 is 14.3 Å². The third-order valence-electron chi connectivity index (χ3n) is 1.99. The molecule has 0 saturated heterocycles. The van der Waals surface area contributed by atoms with Crippen molar-refractivity contribution in [1.82, 2.24) is 0 Å². The first-order valence-electron chi connectivity index (χ1n) is 5.24. The summed E-state index contributed by atoms with van der Waals surface area (Å²) in [6.45, 7) is 5.73. The summed E-state index contributed by atoms with van der Waals surface area (Å²) in [7, 11) is 1.37. The lowest BCUT2D eigenvalue weighted by molar-refractivity contribution is -0.164. The Labute approximate surface area is 96.4 Å². The highest BCUT2D eigenvalue weighted by Gasteiger charge is 2.27. The van der Waals surface area contributed by atoms with Crippen LogP contribution in [0, 0.1) is 0 Å². The molecule has 0 amide bonds. The fraction of sp³-hybridized carbons (Fsp3) is 0.462. The van der Waals surface area contributed by atoms with E-state index in [1.807, 2.05) is 51.1 Å². The largest absolute Gasteiger partial charge is 0.467 e. The van der Waals surface area contributed by atoms with Gasteiger partial charge in [-0.3, -0.25) is 0 Å². The van der Waals surface area contributed by atoms with E-state index in [1.54, 1.807) is 0 Å². The first-order valence-corrected chi connectivity index (χ1v) is 5.24. The van der Waals surface area contributed by atoms with Crippen molar-refractivity contribution in [2.45, 2.75) is 32.5 Å². The molecule has 1 atom stereocenters. The second-order valence-corrected chi connectivity index (χ2v) is 4.54. The molecule has 0 saturated carbocycles. The average molecular weight is 222 g/mol.